The van der Waals surface area contributed by atoms with Gasteiger partial charge in [0.1, 0.15) is 16.8 Å². The highest BCUT2D eigenvalue weighted by atomic mass is 35.5. The Labute approximate surface area is 119 Å². The number of nitrogens with zero attached hydrogens (tertiary/aromatic N) is 2. The van der Waals surface area contributed by atoms with Crippen LogP contribution in [0.4, 0.5) is 5.82 Å². The van der Waals surface area contributed by atoms with Crippen molar-refractivity contribution >= 4 is 17.4 Å². The maximum Gasteiger partial charge on any atom is 0.137 e. The molecule has 0 bridgehead atoms. The van der Waals surface area contributed by atoms with Crippen molar-refractivity contribution in [1.82, 2.24) is 9.97 Å². The summed E-state index contributed by atoms with van der Waals surface area (Å²) >= 11 is 6.02. The van der Waals surface area contributed by atoms with Crippen LogP contribution in [-0.4, -0.2) is 41.4 Å². The summed E-state index contributed by atoms with van der Waals surface area (Å²) in [4.78, 5) is 8.70. The summed E-state index contributed by atoms with van der Waals surface area (Å²) in [6.45, 7) is 6.67. The first-order valence-corrected chi connectivity index (χ1v) is 6.66. The number of aliphatic hydroxyl groups is 1. The number of hydrogen-bond acceptors (Lipinski definition) is 5. The first kappa shape index (κ1) is 16.1. The van der Waals surface area contributed by atoms with Crippen molar-refractivity contribution in [2.24, 2.45) is 0 Å². The van der Waals surface area contributed by atoms with E-state index < -0.39 is 0 Å². The molecule has 0 aliphatic heterocycles. The smallest absolute Gasteiger partial charge is 0.137 e. The van der Waals surface area contributed by atoms with E-state index in [-0.39, 0.29) is 18.1 Å². The predicted octanol–water partition coefficient (Wildman–Crippen LogP) is 2.24. The summed E-state index contributed by atoms with van der Waals surface area (Å²) in [5.41, 5.74) is -0.172. The normalized spacial score (nSPS) is 13.4. The van der Waals surface area contributed by atoms with Crippen LogP contribution in [0, 0.1) is 0 Å². The number of rotatable bonds is 6. The summed E-state index contributed by atoms with van der Waals surface area (Å²) in [6.07, 6.45) is 0.584. The Morgan fingerprint density at radius 3 is 2.63 bits per heavy atom. The van der Waals surface area contributed by atoms with Gasteiger partial charge in [-0.2, -0.15) is 0 Å². The lowest BCUT2D eigenvalue weighted by molar-refractivity contribution is 0.170. The fraction of sp³-hybridized carbons (Fsp3) is 0.692. The van der Waals surface area contributed by atoms with Crippen molar-refractivity contribution in [3.8, 4) is 0 Å². The highest BCUT2D eigenvalue weighted by molar-refractivity contribution is 6.29. The van der Waals surface area contributed by atoms with Gasteiger partial charge in [0.2, 0.25) is 0 Å². The summed E-state index contributed by atoms with van der Waals surface area (Å²) in [6, 6.07) is 1.67. The van der Waals surface area contributed by atoms with Crippen LogP contribution in [0.25, 0.3) is 0 Å². The Morgan fingerprint density at radius 2 is 2.11 bits per heavy atom. The molecular weight excluding hydrogens is 266 g/mol. The number of anilines is 1. The second-order valence-electron chi connectivity index (χ2n) is 5.46. The van der Waals surface area contributed by atoms with E-state index in [1.54, 1.807) is 13.2 Å². The zero-order valence-electron chi connectivity index (χ0n) is 11.9. The topological polar surface area (TPSA) is 67.3 Å². The summed E-state index contributed by atoms with van der Waals surface area (Å²) < 4.78 is 5.11. The van der Waals surface area contributed by atoms with Crippen LogP contribution in [0.3, 0.4) is 0 Å². The van der Waals surface area contributed by atoms with E-state index in [1.165, 1.54) is 0 Å². The van der Waals surface area contributed by atoms with Crippen LogP contribution in [0.1, 0.15) is 33.0 Å². The van der Waals surface area contributed by atoms with Crippen molar-refractivity contribution in [3.05, 3.63) is 17.0 Å². The quantitative estimate of drug-likeness (QED) is 0.786. The van der Waals surface area contributed by atoms with Crippen LogP contribution in [-0.2, 0) is 10.2 Å². The van der Waals surface area contributed by atoms with E-state index in [0.29, 0.717) is 29.8 Å². The molecule has 0 radical (unpaired) electrons. The molecule has 0 saturated heterocycles. The minimum atomic E-state index is -0.172. The summed E-state index contributed by atoms with van der Waals surface area (Å²) in [5.74, 6) is 1.34. The molecule has 1 aromatic rings. The second-order valence-corrected chi connectivity index (χ2v) is 5.85. The van der Waals surface area contributed by atoms with E-state index in [2.05, 4.69) is 15.3 Å². The molecule has 0 spiro atoms. The second kappa shape index (κ2) is 7.03. The molecule has 5 nitrogen and oxygen atoms in total. The molecule has 0 saturated carbocycles. The van der Waals surface area contributed by atoms with Gasteiger partial charge in [-0.15, -0.1) is 0 Å². The summed E-state index contributed by atoms with van der Waals surface area (Å²) in [5, 5.41) is 12.6. The number of nitrogens with one attached hydrogen (secondary N) is 1. The number of halogens is 1. The Hall–Kier alpha value is -0.910. The average molecular weight is 288 g/mol. The largest absolute Gasteiger partial charge is 0.396 e. The third-order valence-corrected chi connectivity index (χ3v) is 2.76. The van der Waals surface area contributed by atoms with E-state index in [1.807, 2.05) is 20.8 Å². The van der Waals surface area contributed by atoms with Crippen LogP contribution < -0.4 is 5.32 Å². The minimum Gasteiger partial charge on any atom is -0.396 e. The van der Waals surface area contributed by atoms with Gasteiger partial charge in [-0.3, -0.25) is 0 Å². The van der Waals surface area contributed by atoms with Crippen LogP contribution in [0.5, 0.6) is 0 Å². The highest BCUT2D eigenvalue weighted by Gasteiger charge is 2.19. The van der Waals surface area contributed by atoms with Crippen LogP contribution in [0.2, 0.25) is 5.15 Å². The molecule has 6 heteroatoms. The Kier molecular flexibility index (Phi) is 5.97. The number of aliphatic hydroxyl groups excluding tert-OH is 1. The molecule has 1 rings (SSSR count). The molecule has 19 heavy (non-hydrogen) atoms. The van der Waals surface area contributed by atoms with Crippen molar-refractivity contribution < 1.29 is 9.84 Å². The van der Waals surface area contributed by atoms with Crippen molar-refractivity contribution in [1.29, 1.82) is 0 Å². The Morgan fingerprint density at radius 1 is 1.42 bits per heavy atom. The van der Waals surface area contributed by atoms with E-state index >= 15 is 0 Å². The molecule has 1 unspecified atom stereocenters. The molecular formula is C13H22ClN3O2. The van der Waals surface area contributed by atoms with E-state index in [4.69, 9.17) is 21.4 Å². The molecule has 2 N–H and O–H groups in total. The van der Waals surface area contributed by atoms with Gasteiger partial charge < -0.3 is 15.2 Å². The molecule has 1 atom stereocenters. The Bertz CT molecular complexity index is 401. The monoisotopic (exact) mass is 287 g/mol. The first-order chi connectivity index (χ1) is 8.86. The van der Waals surface area contributed by atoms with Gasteiger partial charge >= 0.3 is 0 Å². The van der Waals surface area contributed by atoms with Gasteiger partial charge in [-0.25, -0.2) is 9.97 Å². The zero-order chi connectivity index (χ0) is 14.5. The van der Waals surface area contributed by atoms with Crippen LogP contribution >= 0.6 is 11.6 Å². The van der Waals surface area contributed by atoms with Crippen molar-refractivity contribution in [2.75, 3.05) is 25.6 Å². The predicted molar refractivity (Wildman–Crippen MR) is 76.7 cm³/mol. The molecule has 0 aliphatic rings. The molecule has 0 aromatic carbocycles. The molecule has 1 aromatic heterocycles. The third-order valence-electron chi connectivity index (χ3n) is 2.56. The van der Waals surface area contributed by atoms with Gasteiger partial charge in [0.05, 0.1) is 12.6 Å². The van der Waals surface area contributed by atoms with Gasteiger partial charge in [0, 0.05) is 25.2 Å². The van der Waals surface area contributed by atoms with Gasteiger partial charge in [-0.05, 0) is 6.42 Å². The van der Waals surface area contributed by atoms with Crippen molar-refractivity contribution in [2.45, 2.75) is 38.6 Å². The SMILES string of the molecule is COCC(CCO)Nc1cc(Cl)nc(C(C)(C)C)n1. The maximum atomic E-state index is 9.03. The third kappa shape index (κ3) is 5.30. The molecule has 1 heterocycles. The molecule has 0 aliphatic carbocycles. The minimum absolute atomic E-state index is 0.00575. The molecule has 0 fully saturated rings. The molecule has 0 amide bonds. The van der Waals surface area contributed by atoms with Gasteiger partial charge in [0.15, 0.2) is 0 Å². The summed E-state index contributed by atoms with van der Waals surface area (Å²) in [7, 11) is 1.62. The van der Waals surface area contributed by atoms with Gasteiger partial charge in [-0.1, -0.05) is 32.4 Å². The van der Waals surface area contributed by atoms with Gasteiger partial charge in [0.25, 0.3) is 0 Å². The number of methoxy groups -OCH3 is 1. The fourth-order valence-electron chi connectivity index (χ4n) is 1.59. The maximum absolute atomic E-state index is 9.03. The Balaban J connectivity index is 2.90. The number of aromatic nitrogens is 2. The first-order valence-electron chi connectivity index (χ1n) is 6.28. The lowest BCUT2D eigenvalue weighted by atomic mass is 9.96. The fourth-order valence-corrected chi connectivity index (χ4v) is 1.77. The van der Waals surface area contributed by atoms with E-state index in [9.17, 15) is 0 Å². The lowest BCUT2D eigenvalue weighted by Crippen LogP contribution is -2.27. The average Bonchev–Trinajstić information content (AvgIpc) is 2.27. The van der Waals surface area contributed by atoms with Crippen LogP contribution in [0.15, 0.2) is 6.07 Å². The lowest BCUT2D eigenvalue weighted by Gasteiger charge is -2.21. The number of ether oxygens (including phenoxy) is 1. The zero-order valence-corrected chi connectivity index (χ0v) is 12.7. The van der Waals surface area contributed by atoms with Crippen molar-refractivity contribution in [3.63, 3.8) is 0 Å². The number of hydrogen-bond donors (Lipinski definition) is 2. The van der Waals surface area contributed by atoms with E-state index in [0.717, 1.165) is 0 Å². The molecule has 108 valence electrons. The highest BCUT2D eigenvalue weighted by Crippen LogP contribution is 2.22. The standard InChI is InChI=1S/C13H22ClN3O2/c1-13(2,3)12-16-10(14)7-11(17-12)15-9(5-6-18)8-19-4/h7,9,18H,5-6,8H2,1-4H3,(H,15,16,17).